The Morgan fingerprint density at radius 3 is 2.78 bits per heavy atom. The minimum Gasteiger partial charge on any atom is -0.348 e. The number of hydrogen-bond donors (Lipinski definition) is 3. The van der Waals surface area contributed by atoms with Gasteiger partial charge >= 0.3 is 0 Å². The van der Waals surface area contributed by atoms with Crippen LogP contribution in [0.25, 0.3) is 0 Å². The van der Waals surface area contributed by atoms with Gasteiger partial charge in [-0.3, -0.25) is 15.1 Å². The molecular formula is C20H34N6O. The molecule has 3 N–H and O–H groups in total. The zero-order valence-electron chi connectivity index (χ0n) is 16.8. The number of aromatic nitrogens is 2. The number of nitrogens with zero attached hydrogens (tertiary/aromatic N) is 3. The van der Waals surface area contributed by atoms with Gasteiger partial charge in [0.1, 0.15) is 6.04 Å². The van der Waals surface area contributed by atoms with Crippen LogP contribution in [-0.4, -0.2) is 63.9 Å². The van der Waals surface area contributed by atoms with Gasteiger partial charge in [0.15, 0.2) is 0 Å². The lowest BCUT2D eigenvalue weighted by Gasteiger charge is -2.51. The molecule has 7 nitrogen and oxygen atoms in total. The molecule has 7 heteroatoms. The van der Waals surface area contributed by atoms with Crippen LogP contribution in [0.3, 0.4) is 0 Å². The number of carbonyl (C=O) groups excluding carboxylic acids is 1. The molecule has 0 aliphatic carbocycles. The highest BCUT2D eigenvalue weighted by Crippen LogP contribution is 2.42. The van der Waals surface area contributed by atoms with Crippen LogP contribution in [0.5, 0.6) is 0 Å². The van der Waals surface area contributed by atoms with E-state index < -0.39 is 0 Å². The summed E-state index contributed by atoms with van der Waals surface area (Å²) < 4.78 is 0. The lowest BCUT2D eigenvalue weighted by Crippen LogP contribution is -2.58. The molecule has 0 saturated carbocycles. The van der Waals surface area contributed by atoms with Crippen LogP contribution < -0.4 is 10.9 Å². The summed E-state index contributed by atoms with van der Waals surface area (Å²) in [6.45, 7) is 8.28. The molecule has 0 radical (unpaired) electrons. The number of aromatic amines is 1. The molecule has 3 aliphatic heterocycles. The van der Waals surface area contributed by atoms with Crippen LogP contribution in [0.2, 0.25) is 0 Å². The molecule has 3 aliphatic rings. The van der Waals surface area contributed by atoms with E-state index in [0.717, 1.165) is 58.3 Å². The number of carbonyl (C=O) groups is 1. The van der Waals surface area contributed by atoms with Gasteiger partial charge < -0.3 is 9.88 Å². The number of H-pyrrole nitrogens is 1. The van der Waals surface area contributed by atoms with E-state index in [2.05, 4.69) is 39.5 Å². The molecule has 2 saturated heterocycles. The number of piperidine rings is 1. The van der Waals surface area contributed by atoms with Crippen LogP contribution in [0, 0.1) is 0 Å². The molecule has 1 aromatic rings. The summed E-state index contributed by atoms with van der Waals surface area (Å²) >= 11 is 0. The summed E-state index contributed by atoms with van der Waals surface area (Å²) in [5, 5.41) is 0. The highest BCUT2D eigenvalue weighted by molar-refractivity contribution is 5.82. The van der Waals surface area contributed by atoms with E-state index in [1.54, 1.807) is 0 Å². The number of hydrogen-bond acceptors (Lipinski definition) is 5. The van der Waals surface area contributed by atoms with Crippen LogP contribution in [-0.2, 0) is 16.8 Å². The highest BCUT2D eigenvalue weighted by atomic mass is 16.2. The molecule has 0 bridgehead atoms. The van der Waals surface area contributed by atoms with Crippen LogP contribution in [0.1, 0.15) is 63.8 Å². The van der Waals surface area contributed by atoms with Crippen molar-refractivity contribution in [3.63, 3.8) is 0 Å². The van der Waals surface area contributed by atoms with Crippen molar-refractivity contribution in [2.75, 3.05) is 26.2 Å². The van der Waals surface area contributed by atoms with Crippen LogP contribution in [0.15, 0.2) is 6.33 Å². The molecule has 4 heterocycles. The van der Waals surface area contributed by atoms with Gasteiger partial charge in [-0.1, -0.05) is 20.3 Å². The minimum atomic E-state index is -0.0764. The average molecular weight is 375 g/mol. The van der Waals surface area contributed by atoms with E-state index in [1.165, 1.54) is 24.2 Å². The Kier molecular flexibility index (Phi) is 5.53. The molecule has 2 fully saturated rings. The summed E-state index contributed by atoms with van der Waals surface area (Å²) in [6.07, 6.45) is 9.25. The van der Waals surface area contributed by atoms with E-state index in [0.29, 0.717) is 6.04 Å². The normalized spacial score (nSPS) is 27.9. The fourth-order valence-corrected chi connectivity index (χ4v) is 5.12. The first-order valence-electron chi connectivity index (χ1n) is 10.8. The molecule has 1 spiro atoms. The second-order valence-electron chi connectivity index (χ2n) is 8.36. The first kappa shape index (κ1) is 18.9. The second-order valence-corrected chi connectivity index (χ2v) is 8.36. The van der Waals surface area contributed by atoms with Gasteiger partial charge in [-0.05, 0) is 38.6 Å². The fraction of sp³-hybridized carbons (Fsp3) is 0.800. The smallest absolute Gasteiger partial charge is 0.241 e. The van der Waals surface area contributed by atoms with Crippen molar-refractivity contribution in [3.05, 3.63) is 17.7 Å². The third kappa shape index (κ3) is 3.41. The van der Waals surface area contributed by atoms with Gasteiger partial charge in [0.2, 0.25) is 5.91 Å². The second kappa shape index (κ2) is 7.89. The lowest BCUT2D eigenvalue weighted by atomic mass is 9.78. The van der Waals surface area contributed by atoms with Gasteiger partial charge in [-0.25, -0.2) is 10.4 Å². The molecule has 27 heavy (non-hydrogen) atoms. The zero-order valence-corrected chi connectivity index (χ0v) is 16.8. The Bertz CT molecular complexity index is 651. The molecule has 150 valence electrons. The molecule has 2 unspecified atom stereocenters. The number of unbranched alkanes of at least 4 members (excludes halogenated alkanes) is 1. The average Bonchev–Trinajstić information content (AvgIpc) is 3.37. The van der Waals surface area contributed by atoms with Crippen molar-refractivity contribution in [2.45, 2.75) is 76.4 Å². The number of rotatable bonds is 5. The Hall–Kier alpha value is -1.44. The molecule has 0 aromatic carbocycles. The van der Waals surface area contributed by atoms with Crippen molar-refractivity contribution in [2.24, 2.45) is 0 Å². The minimum absolute atomic E-state index is 0.00679. The first-order chi connectivity index (χ1) is 13.2. The number of amides is 1. The topological polar surface area (TPSA) is 76.3 Å². The first-order valence-corrected chi connectivity index (χ1v) is 10.8. The van der Waals surface area contributed by atoms with E-state index in [4.69, 9.17) is 4.98 Å². The van der Waals surface area contributed by atoms with Gasteiger partial charge in [0.25, 0.3) is 0 Å². The quantitative estimate of drug-likeness (QED) is 0.729. The maximum Gasteiger partial charge on any atom is 0.241 e. The van der Waals surface area contributed by atoms with E-state index in [9.17, 15) is 4.79 Å². The standard InChI is InChI=1S/C20H34N6O/c1-3-5-9-26-10-6-16-18(22-14-21-16)20(26)7-11-25(12-8-20)19(27)17-13-15(4-2)23-24-17/h14-15,17,23-24H,3-13H2,1-2H3,(H,21,22). The maximum atomic E-state index is 13.0. The number of likely N-dealkylation sites (tertiary alicyclic amines) is 1. The Morgan fingerprint density at radius 1 is 1.26 bits per heavy atom. The summed E-state index contributed by atoms with van der Waals surface area (Å²) in [7, 11) is 0. The van der Waals surface area contributed by atoms with Gasteiger partial charge in [-0.15, -0.1) is 0 Å². The van der Waals surface area contributed by atoms with Crippen molar-refractivity contribution >= 4 is 5.91 Å². The summed E-state index contributed by atoms with van der Waals surface area (Å²) in [5.41, 5.74) is 9.01. The van der Waals surface area contributed by atoms with Crippen molar-refractivity contribution < 1.29 is 4.79 Å². The van der Waals surface area contributed by atoms with Crippen LogP contribution >= 0.6 is 0 Å². The lowest BCUT2D eigenvalue weighted by molar-refractivity contribution is -0.136. The number of imidazole rings is 1. The monoisotopic (exact) mass is 374 g/mol. The van der Waals surface area contributed by atoms with Gasteiger partial charge in [0, 0.05) is 37.8 Å². The summed E-state index contributed by atoms with van der Waals surface area (Å²) in [5.74, 6) is 0.256. The number of nitrogens with one attached hydrogen (secondary N) is 3. The maximum absolute atomic E-state index is 13.0. The Morgan fingerprint density at radius 2 is 2.07 bits per heavy atom. The third-order valence-corrected chi connectivity index (χ3v) is 6.85. The molecule has 4 rings (SSSR count). The predicted octanol–water partition coefficient (Wildman–Crippen LogP) is 1.53. The van der Waals surface area contributed by atoms with Gasteiger partial charge in [-0.2, -0.15) is 0 Å². The van der Waals surface area contributed by atoms with E-state index in [1.807, 2.05) is 6.33 Å². The largest absolute Gasteiger partial charge is 0.348 e. The van der Waals surface area contributed by atoms with E-state index >= 15 is 0 Å². The van der Waals surface area contributed by atoms with Crippen molar-refractivity contribution in [1.29, 1.82) is 0 Å². The molecule has 1 amide bonds. The zero-order chi connectivity index (χ0) is 18.9. The Balaban J connectivity index is 1.46. The molecule has 2 atom stereocenters. The molecular weight excluding hydrogens is 340 g/mol. The predicted molar refractivity (Wildman–Crippen MR) is 105 cm³/mol. The SMILES string of the molecule is CCCCN1CCc2[nH]cnc2C12CCN(C(=O)C1CC(CC)NN1)CC2. The summed E-state index contributed by atoms with van der Waals surface area (Å²) in [6, 6.07) is 0.331. The molecule has 1 aromatic heterocycles. The number of fused-ring (bicyclic) bond motifs is 2. The third-order valence-electron chi connectivity index (χ3n) is 6.85. The van der Waals surface area contributed by atoms with E-state index in [-0.39, 0.29) is 17.5 Å². The van der Waals surface area contributed by atoms with Crippen molar-refractivity contribution in [3.8, 4) is 0 Å². The highest BCUT2D eigenvalue weighted by Gasteiger charge is 2.47. The summed E-state index contributed by atoms with van der Waals surface area (Å²) in [4.78, 5) is 25.8. The number of hydrazine groups is 1. The van der Waals surface area contributed by atoms with Crippen LogP contribution in [0.4, 0.5) is 0 Å². The Labute approximate surface area is 162 Å². The van der Waals surface area contributed by atoms with Crippen molar-refractivity contribution in [1.82, 2.24) is 30.6 Å². The fourth-order valence-electron chi connectivity index (χ4n) is 5.12. The van der Waals surface area contributed by atoms with Gasteiger partial charge in [0.05, 0.1) is 17.6 Å².